The first-order valence-electron chi connectivity index (χ1n) is 7.76. The van der Waals surface area contributed by atoms with Crippen molar-refractivity contribution in [2.75, 3.05) is 5.32 Å². The number of rotatable bonds is 3. The minimum atomic E-state index is 0.0140. The zero-order valence-corrected chi connectivity index (χ0v) is 12.4. The fraction of sp³-hybridized carbons (Fsp3) is 0.588. The summed E-state index contributed by atoms with van der Waals surface area (Å²) in [6.07, 6.45) is 4.52. The first-order valence-corrected chi connectivity index (χ1v) is 7.76. The molecule has 4 unspecified atom stereocenters. The number of benzene rings is 1. The largest absolute Gasteiger partial charge is 0.327 e. The van der Waals surface area contributed by atoms with Crippen LogP contribution in [0.3, 0.4) is 0 Å². The van der Waals surface area contributed by atoms with Crippen molar-refractivity contribution in [3.63, 3.8) is 0 Å². The maximum Gasteiger partial charge on any atom is 0.229 e. The molecule has 0 radical (unpaired) electrons. The molecule has 0 saturated heterocycles. The molecule has 2 aliphatic rings. The number of carbonyl (C=O) groups excluding carboxylic acids is 1. The van der Waals surface area contributed by atoms with Crippen LogP contribution in [-0.2, 0) is 11.2 Å². The van der Waals surface area contributed by atoms with Crippen molar-refractivity contribution < 1.29 is 4.79 Å². The third-order valence-corrected chi connectivity index (χ3v) is 5.28. The Balaban J connectivity index is 1.73. The highest BCUT2D eigenvalue weighted by Gasteiger charge is 2.49. The second kappa shape index (κ2) is 5.21. The molecule has 0 spiro atoms. The van der Waals surface area contributed by atoms with Gasteiger partial charge >= 0.3 is 0 Å². The smallest absolute Gasteiger partial charge is 0.229 e. The van der Waals surface area contributed by atoms with E-state index >= 15 is 0 Å². The minimum absolute atomic E-state index is 0.0140. The minimum Gasteiger partial charge on any atom is -0.327 e. The normalized spacial score (nSPS) is 31.6. The van der Waals surface area contributed by atoms with Crippen molar-refractivity contribution in [2.24, 2.45) is 23.5 Å². The summed E-state index contributed by atoms with van der Waals surface area (Å²) >= 11 is 0. The van der Waals surface area contributed by atoms with Gasteiger partial charge in [-0.1, -0.05) is 13.0 Å². The zero-order chi connectivity index (χ0) is 14.3. The summed E-state index contributed by atoms with van der Waals surface area (Å²) in [5, 5.41) is 3.08. The molecule has 20 heavy (non-hydrogen) atoms. The van der Waals surface area contributed by atoms with E-state index < -0.39 is 0 Å². The molecule has 1 aromatic rings. The van der Waals surface area contributed by atoms with Gasteiger partial charge in [0.2, 0.25) is 5.91 Å². The Morgan fingerprint density at radius 3 is 2.75 bits per heavy atom. The number of hydrogen-bond donors (Lipinski definition) is 2. The summed E-state index contributed by atoms with van der Waals surface area (Å²) in [7, 11) is 0. The molecule has 3 heteroatoms. The highest BCUT2D eigenvalue weighted by molar-refractivity contribution is 5.93. The summed E-state index contributed by atoms with van der Waals surface area (Å²) in [4.78, 5) is 12.5. The summed E-state index contributed by atoms with van der Waals surface area (Å²) in [5.74, 6) is 1.21. The van der Waals surface area contributed by atoms with Gasteiger partial charge in [-0.2, -0.15) is 0 Å². The van der Waals surface area contributed by atoms with E-state index in [0.717, 1.165) is 18.5 Å². The molecule has 0 aromatic heterocycles. The van der Waals surface area contributed by atoms with Gasteiger partial charge in [0.1, 0.15) is 0 Å². The lowest BCUT2D eigenvalue weighted by Crippen LogP contribution is -2.42. The van der Waals surface area contributed by atoms with Crippen LogP contribution in [0.25, 0.3) is 0 Å². The number of nitrogens with one attached hydrogen (secondary N) is 1. The second-order valence-corrected chi connectivity index (χ2v) is 6.42. The van der Waals surface area contributed by atoms with Gasteiger partial charge in [-0.15, -0.1) is 0 Å². The number of aryl methyl sites for hydroxylation is 2. The summed E-state index contributed by atoms with van der Waals surface area (Å²) in [6.45, 7) is 4.25. The molecule has 108 valence electrons. The van der Waals surface area contributed by atoms with Crippen LogP contribution in [0.1, 0.15) is 37.3 Å². The van der Waals surface area contributed by atoms with Gasteiger partial charge in [0, 0.05) is 11.7 Å². The molecule has 1 aromatic carbocycles. The van der Waals surface area contributed by atoms with E-state index in [1.165, 1.54) is 24.0 Å². The van der Waals surface area contributed by atoms with Gasteiger partial charge in [-0.25, -0.2) is 0 Å². The monoisotopic (exact) mass is 272 g/mol. The molecule has 2 aliphatic carbocycles. The topological polar surface area (TPSA) is 55.1 Å². The zero-order valence-electron chi connectivity index (χ0n) is 12.4. The number of anilines is 1. The summed E-state index contributed by atoms with van der Waals surface area (Å²) < 4.78 is 0. The van der Waals surface area contributed by atoms with Crippen LogP contribution >= 0.6 is 0 Å². The Kier molecular flexibility index (Phi) is 3.55. The van der Waals surface area contributed by atoms with Crippen molar-refractivity contribution in [1.29, 1.82) is 0 Å². The molecule has 3 N–H and O–H groups in total. The van der Waals surface area contributed by atoms with E-state index in [9.17, 15) is 4.79 Å². The van der Waals surface area contributed by atoms with Gasteiger partial charge in [0.05, 0.1) is 5.92 Å². The molecule has 3 rings (SSSR count). The first-order chi connectivity index (χ1) is 9.60. The van der Waals surface area contributed by atoms with Crippen molar-refractivity contribution >= 4 is 11.6 Å². The third-order valence-electron chi connectivity index (χ3n) is 5.28. The predicted molar refractivity (Wildman–Crippen MR) is 81.5 cm³/mol. The Morgan fingerprint density at radius 1 is 1.35 bits per heavy atom. The van der Waals surface area contributed by atoms with Crippen LogP contribution in [0, 0.1) is 24.7 Å². The first kappa shape index (κ1) is 13.6. The van der Waals surface area contributed by atoms with E-state index in [2.05, 4.69) is 31.3 Å². The number of hydrogen-bond acceptors (Lipinski definition) is 2. The van der Waals surface area contributed by atoms with Gasteiger partial charge in [0.25, 0.3) is 0 Å². The molecule has 2 fully saturated rings. The van der Waals surface area contributed by atoms with Crippen molar-refractivity contribution in [2.45, 2.75) is 45.6 Å². The Morgan fingerprint density at radius 2 is 2.10 bits per heavy atom. The quantitative estimate of drug-likeness (QED) is 0.889. The molecule has 0 aliphatic heterocycles. The van der Waals surface area contributed by atoms with Crippen LogP contribution in [0.4, 0.5) is 5.69 Å². The van der Waals surface area contributed by atoms with Crippen molar-refractivity contribution in [3.05, 3.63) is 29.3 Å². The van der Waals surface area contributed by atoms with Crippen LogP contribution in [-0.4, -0.2) is 11.9 Å². The number of nitrogens with two attached hydrogens (primary N) is 1. The van der Waals surface area contributed by atoms with Crippen LogP contribution in [0.15, 0.2) is 18.2 Å². The van der Waals surface area contributed by atoms with E-state index in [-0.39, 0.29) is 17.9 Å². The van der Waals surface area contributed by atoms with Crippen LogP contribution in [0.5, 0.6) is 0 Å². The predicted octanol–water partition coefficient (Wildman–Crippen LogP) is 2.87. The molecule has 3 nitrogen and oxygen atoms in total. The lowest BCUT2D eigenvalue weighted by Gasteiger charge is -2.27. The average molecular weight is 272 g/mol. The van der Waals surface area contributed by atoms with Crippen molar-refractivity contribution in [3.8, 4) is 0 Å². The lowest BCUT2D eigenvalue weighted by atomic mass is 9.84. The highest BCUT2D eigenvalue weighted by atomic mass is 16.2. The van der Waals surface area contributed by atoms with Gasteiger partial charge in [-0.3, -0.25) is 4.79 Å². The van der Waals surface area contributed by atoms with E-state index in [4.69, 9.17) is 5.73 Å². The lowest BCUT2D eigenvalue weighted by molar-refractivity contribution is -0.121. The SMILES string of the molecule is CCc1cc(NC(=O)C2C3CCC(C3)C2N)ccc1C. The summed E-state index contributed by atoms with van der Waals surface area (Å²) in [6, 6.07) is 6.22. The number of amides is 1. The van der Waals surface area contributed by atoms with Crippen LogP contribution in [0.2, 0.25) is 0 Å². The molecule has 1 amide bonds. The third kappa shape index (κ3) is 2.24. The van der Waals surface area contributed by atoms with Gasteiger partial charge in [0.15, 0.2) is 0 Å². The molecule has 0 heterocycles. The number of carbonyl (C=O) groups is 1. The summed E-state index contributed by atoms with van der Waals surface area (Å²) in [5.41, 5.74) is 9.72. The van der Waals surface area contributed by atoms with E-state index in [1.54, 1.807) is 0 Å². The molecular formula is C17H24N2O. The maximum absolute atomic E-state index is 12.5. The standard InChI is InChI=1S/C17H24N2O/c1-3-11-9-14(7-4-10(11)2)19-17(20)15-12-5-6-13(8-12)16(15)18/h4,7,9,12-13,15-16H,3,5-6,8,18H2,1-2H3,(H,19,20). The molecular weight excluding hydrogens is 248 g/mol. The highest BCUT2D eigenvalue weighted by Crippen LogP contribution is 2.47. The Hall–Kier alpha value is -1.35. The second-order valence-electron chi connectivity index (χ2n) is 6.42. The van der Waals surface area contributed by atoms with E-state index in [1.807, 2.05) is 6.07 Å². The van der Waals surface area contributed by atoms with Crippen molar-refractivity contribution in [1.82, 2.24) is 0 Å². The van der Waals surface area contributed by atoms with E-state index in [0.29, 0.717) is 11.8 Å². The average Bonchev–Trinajstić information content (AvgIpc) is 3.01. The van der Waals surface area contributed by atoms with Gasteiger partial charge < -0.3 is 11.1 Å². The maximum atomic E-state index is 12.5. The fourth-order valence-corrected chi connectivity index (χ4v) is 4.08. The van der Waals surface area contributed by atoms with Gasteiger partial charge in [-0.05, 0) is 67.7 Å². The van der Waals surface area contributed by atoms with Crippen LogP contribution < -0.4 is 11.1 Å². The Labute approximate surface area is 120 Å². The fourth-order valence-electron chi connectivity index (χ4n) is 4.08. The molecule has 2 saturated carbocycles. The molecule has 4 atom stereocenters. The number of fused-ring (bicyclic) bond motifs is 2. The Bertz CT molecular complexity index is 524. The molecule has 2 bridgehead atoms.